The third-order valence-electron chi connectivity index (χ3n) is 5.69. The van der Waals surface area contributed by atoms with Gasteiger partial charge in [0.25, 0.3) is 0 Å². The molecule has 1 aromatic rings. The van der Waals surface area contributed by atoms with Crippen LogP contribution in [-0.4, -0.2) is 18.9 Å². The molecule has 3 nitrogen and oxygen atoms in total. The molecule has 3 heteroatoms. The average molecular weight is 397 g/mol. The molecule has 0 bridgehead atoms. The molecule has 0 heterocycles. The monoisotopic (exact) mass is 396 g/mol. The van der Waals surface area contributed by atoms with E-state index in [0.29, 0.717) is 6.42 Å². The van der Waals surface area contributed by atoms with Crippen molar-refractivity contribution >= 4 is 11.8 Å². The highest BCUT2D eigenvalue weighted by atomic mass is 16.5. The van der Waals surface area contributed by atoms with Crippen LogP contribution in [0.3, 0.4) is 0 Å². The van der Waals surface area contributed by atoms with Crippen molar-refractivity contribution < 1.29 is 14.3 Å². The number of ketones is 1. The average Bonchev–Trinajstić information content (AvgIpc) is 3.07. The first kappa shape index (κ1) is 23.1. The number of carbonyl (C=O) groups excluding carboxylic acids is 2. The van der Waals surface area contributed by atoms with Gasteiger partial charge in [0, 0.05) is 17.9 Å². The Morgan fingerprint density at radius 1 is 1.00 bits per heavy atom. The smallest absolute Gasteiger partial charge is 0.305 e. The lowest BCUT2D eigenvalue weighted by Crippen LogP contribution is -2.03. The molecule has 0 saturated heterocycles. The molecule has 158 valence electrons. The lowest BCUT2D eigenvalue weighted by molar-refractivity contribution is -0.140. The van der Waals surface area contributed by atoms with E-state index in [2.05, 4.69) is 48.1 Å². The molecule has 0 spiro atoms. The van der Waals surface area contributed by atoms with Crippen LogP contribution >= 0.6 is 0 Å². The van der Waals surface area contributed by atoms with Crippen molar-refractivity contribution in [2.45, 2.75) is 77.6 Å². The second kappa shape index (κ2) is 13.1. The molecule has 0 fully saturated rings. The maximum Gasteiger partial charge on any atom is 0.305 e. The molecule has 0 unspecified atom stereocenters. The van der Waals surface area contributed by atoms with E-state index < -0.39 is 0 Å². The normalized spacial score (nSPS) is 17.2. The van der Waals surface area contributed by atoms with Gasteiger partial charge in [0.2, 0.25) is 0 Å². The molecule has 1 aromatic carbocycles. The van der Waals surface area contributed by atoms with Crippen LogP contribution in [0, 0.1) is 12.8 Å². The van der Waals surface area contributed by atoms with Crippen molar-refractivity contribution in [3.8, 4) is 0 Å². The Labute approximate surface area is 176 Å². The first-order valence-electron chi connectivity index (χ1n) is 11.1. The van der Waals surface area contributed by atoms with Gasteiger partial charge in [-0.15, -0.1) is 0 Å². The summed E-state index contributed by atoms with van der Waals surface area (Å²) in [6.07, 6.45) is 17.3. The number of rotatable bonds is 13. The molecule has 0 aliphatic heterocycles. The number of benzene rings is 1. The molecular formula is C26H36O3. The molecule has 29 heavy (non-hydrogen) atoms. The predicted octanol–water partition coefficient (Wildman–Crippen LogP) is 6.29. The van der Waals surface area contributed by atoms with Crippen molar-refractivity contribution in [3.05, 3.63) is 59.2 Å². The Morgan fingerprint density at radius 3 is 2.48 bits per heavy atom. The predicted molar refractivity (Wildman–Crippen MR) is 119 cm³/mol. The molecule has 1 atom stereocenters. The van der Waals surface area contributed by atoms with Gasteiger partial charge < -0.3 is 4.74 Å². The number of aryl methyl sites for hydroxylation is 2. The molecule has 2 rings (SSSR count). The Bertz CT molecular complexity index is 697. The summed E-state index contributed by atoms with van der Waals surface area (Å²) >= 11 is 0. The summed E-state index contributed by atoms with van der Waals surface area (Å²) in [5.74, 6) is 0.356. The van der Waals surface area contributed by atoms with E-state index in [0.717, 1.165) is 56.9 Å². The number of unbranched alkanes of at least 4 members (excludes halogenated alkanes) is 6. The Balaban J connectivity index is 1.60. The van der Waals surface area contributed by atoms with Gasteiger partial charge in [-0.2, -0.15) is 0 Å². The van der Waals surface area contributed by atoms with Crippen LogP contribution in [0.5, 0.6) is 0 Å². The van der Waals surface area contributed by atoms with E-state index in [-0.39, 0.29) is 17.7 Å². The minimum atomic E-state index is -0.126. The van der Waals surface area contributed by atoms with Gasteiger partial charge in [-0.1, -0.05) is 67.7 Å². The van der Waals surface area contributed by atoms with E-state index in [9.17, 15) is 9.59 Å². The first-order valence-corrected chi connectivity index (χ1v) is 11.1. The topological polar surface area (TPSA) is 43.4 Å². The SMILES string of the molecule is COC(=O)CCCCCC[C@H]1C=CC(=O)/C1=C/CCCCCc1ccc(C)cc1. The fourth-order valence-electron chi connectivity index (χ4n) is 3.84. The van der Waals surface area contributed by atoms with Crippen molar-refractivity contribution in [1.29, 1.82) is 0 Å². The molecule has 0 radical (unpaired) electrons. The van der Waals surface area contributed by atoms with Crippen molar-refractivity contribution in [2.24, 2.45) is 5.92 Å². The fourth-order valence-corrected chi connectivity index (χ4v) is 3.84. The summed E-state index contributed by atoms with van der Waals surface area (Å²) < 4.78 is 4.66. The van der Waals surface area contributed by atoms with Gasteiger partial charge in [-0.05, 0) is 57.1 Å². The van der Waals surface area contributed by atoms with Crippen molar-refractivity contribution in [2.75, 3.05) is 7.11 Å². The summed E-state index contributed by atoms with van der Waals surface area (Å²) in [6.45, 7) is 2.12. The van der Waals surface area contributed by atoms with Crippen molar-refractivity contribution in [3.63, 3.8) is 0 Å². The summed E-state index contributed by atoms with van der Waals surface area (Å²) in [5, 5.41) is 0. The number of hydrogen-bond acceptors (Lipinski definition) is 3. The summed E-state index contributed by atoms with van der Waals surface area (Å²) in [5.41, 5.74) is 3.72. The molecule has 0 saturated carbocycles. The standard InChI is InChI=1S/C26H36O3/c1-21-15-17-22(18-16-21)11-7-3-5-9-13-24-23(19-20-25(24)27)12-8-4-6-10-14-26(28)29-2/h13,15-20,23H,3-12,14H2,1-2H3/b24-13+/t23-/m0/s1. The number of hydrogen-bond donors (Lipinski definition) is 0. The van der Waals surface area contributed by atoms with Crippen LogP contribution in [0.4, 0.5) is 0 Å². The first-order chi connectivity index (χ1) is 14.1. The van der Waals surface area contributed by atoms with Crippen LogP contribution < -0.4 is 0 Å². The third-order valence-corrected chi connectivity index (χ3v) is 5.69. The zero-order chi connectivity index (χ0) is 20.9. The molecule has 0 N–H and O–H groups in total. The van der Waals surface area contributed by atoms with E-state index in [1.54, 1.807) is 6.08 Å². The molecule has 1 aliphatic carbocycles. The maximum absolute atomic E-state index is 12.2. The number of methoxy groups -OCH3 is 1. The number of ether oxygens (including phenoxy) is 1. The molecule has 1 aliphatic rings. The van der Waals surface area contributed by atoms with Crippen LogP contribution in [0.1, 0.15) is 75.3 Å². The lowest BCUT2D eigenvalue weighted by Gasteiger charge is -2.10. The maximum atomic E-state index is 12.2. The largest absolute Gasteiger partial charge is 0.469 e. The van der Waals surface area contributed by atoms with Gasteiger partial charge in [0.15, 0.2) is 5.78 Å². The van der Waals surface area contributed by atoms with Gasteiger partial charge in [0.1, 0.15) is 0 Å². The summed E-state index contributed by atoms with van der Waals surface area (Å²) in [6, 6.07) is 8.80. The highest BCUT2D eigenvalue weighted by Crippen LogP contribution is 2.28. The fraction of sp³-hybridized carbons (Fsp3) is 0.538. The van der Waals surface area contributed by atoms with Crippen molar-refractivity contribution in [1.82, 2.24) is 0 Å². The Kier molecular flexibility index (Phi) is 10.5. The van der Waals surface area contributed by atoms with Gasteiger partial charge >= 0.3 is 5.97 Å². The molecule has 0 amide bonds. The van der Waals surface area contributed by atoms with Crippen LogP contribution in [0.2, 0.25) is 0 Å². The second-order valence-electron chi connectivity index (χ2n) is 8.10. The van der Waals surface area contributed by atoms with E-state index >= 15 is 0 Å². The second-order valence-corrected chi connectivity index (χ2v) is 8.10. The van der Waals surface area contributed by atoms with Crippen LogP contribution in [0.25, 0.3) is 0 Å². The van der Waals surface area contributed by atoms with Gasteiger partial charge in [0.05, 0.1) is 7.11 Å². The van der Waals surface area contributed by atoms with Crippen LogP contribution in [0.15, 0.2) is 48.1 Å². The minimum Gasteiger partial charge on any atom is -0.469 e. The quantitative estimate of drug-likeness (QED) is 0.223. The lowest BCUT2D eigenvalue weighted by atomic mass is 9.94. The van der Waals surface area contributed by atoms with E-state index in [4.69, 9.17) is 0 Å². The summed E-state index contributed by atoms with van der Waals surface area (Å²) in [4.78, 5) is 23.3. The zero-order valence-corrected chi connectivity index (χ0v) is 18.1. The number of allylic oxidation sites excluding steroid dienone is 4. The zero-order valence-electron chi connectivity index (χ0n) is 18.1. The third kappa shape index (κ3) is 8.81. The minimum absolute atomic E-state index is 0.126. The van der Waals surface area contributed by atoms with Gasteiger partial charge in [-0.25, -0.2) is 0 Å². The van der Waals surface area contributed by atoms with E-state index in [1.165, 1.54) is 31.1 Å². The summed E-state index contributed by atoms with van der Waals surface area (Å²) in [7, 11) is 1.43. The number of carbonyl (C=O) groups is 2. The van der Waals surface area contributed by atoms with Gasteiger partial charge in [-0.3, -0.25) is 9.59 Å². The van der Waals surface area contributed by atoms with E-state index in [1.807, 2.05) is 0 Å². The molecular weight excluding hydrogens is 360 g/mol. The Morgan fingerprint density at radius 2 is 1.72 bits per heavy atom. The highest BCUT2D eigenvalue weighted by Gasteiger charge is 2.21. The number of esters is 1. The Hall–Kier alpha value is -2.16. The highest BCUT2D eigenvalue weighted by molar-refractivity contribution is 6.07. The molecule has 0 aromatic heterocycles. The van der Waals surface area contributed by atoms with Crippen LogP contribution in [-0.2, 0) is 20.7 Å².